The first-order valence-corrected chi connectivity index (χ1v) is 5.50. The number of alkyl halides is 3. The summed E-state index contributed by atoms with van der Waals surface area (Å²) in [4.78, 5) is 14.2. The second-order valence-corrected chi connectivity index (χ2v) is 3.82. The summed E-state index contributed by atoms with van der Waals surface area (Å²) in [5, 5.41) is 0.182. The standard InChI is InChI=1S/C8H5Br2F2NO/c9-2-5-4(3-14)1-6(10)13-7(5)8(11)12/h1,3,8H,2H2. The van der Waals surface area contributed by atoms with E-state index >= 15 is 0 Å². The van der Waals surface area contributed by atoms with Gasteiger partial charge in [0.25, 0.3) is 6.43 Å². The Morgan fingerprint density at radius 2 is 2.21 bits per heavy atom. The minimum Gasteiger partial charge on any atom is -0.298 e. The van der Waals surface area contributed by atoms with E-state index < -0.39 is 6.43 Å². The smallest absolute Gasteiger partial charge is 0.280 e. The van der Waals surface area contributed by atoms with Crippen LogP contribution in [0.4, 0.5) is 8.78 Å². The molecule has 6 heteroatoms. The van der Waals surface area contributed by atoms with Crippen molar-refractivity contribution in [2.24, 2.45) is 0 Å². The summed E-state index contributed by atoms with van der Waals surface area (Å²) in [6.45, 7) is 0. The van der Waals surface area contributed by atoms with Crippen LogP contribution in [0.25, 0.3) is 0 Å². The molecule has 76 valence electrons. The third-order valence-corrected chi connectivity index (χ3v) is 2.59. The number of pyridine rings is 1. The van der Waals surface area contributed by atoms with Crippen LogP contribution >= 0.6 is 31.9 Å². The highest BCUT2D eigenvalue weighted by atomic mass is 79.9. The summed E-state index contributed by atoms with van der Waals surface area (Å²) in [7, 11) is 0. The fourth-order valence-electron chi connectivity index (χ4n) is 1.01. The van der Waals surface area contributed by atoms with E-state index in [9.17, 15) is 13.6 Å². The highest BCUT2D eigenvalue weighted by Crippen LogP contribution is 2.27. The van der Waals surface area contributed by atoms with Crippen molar-refractivity contribution in [3.63, 3.8) is 0 Å². The van der Waals surface area contributed by atoms with Crippen molar-refractivity contribution in [2.45, 2.75) is 11.8 Å². The minimum atomic E-state index is -2.68. The summed E-state index contributed by atoms with van der Waals surface area (Å²) in [6, 6.07) is 1.41. The van der Waals surface area contributed by atoms with Gasteiger partial charge in [-0.3, -0.25) is 4.79 Å². The maximum absolute atomic E-state index is 12.5. The van der Waals surface area contributed by atoms with E-state index in [1.165, 1.54) is 6.07 Å². The van der Waals surface area contributed by atoms with Crippen molar-refractivity contribution in [1.29, 1.82) is 0 Å². The number of hydrogen-bond acceptors (Lipinski definition) is 2. The molecule has 0 atom stereocenters. The Bertz CT molecular complexity index is 357. The first kappa shape index (κ1) is 11.7. The van der Waals surface area contributed by atoms with Gasteiger partial charge in [0.15, 0.2) is 6.29 Å². The molecule has 0 spiro atoms. The normalized spacial score (nSPS) is 10.6. The van der Waals surface area contributed by atoms with Gasteiger partial charge in [0, 0.05) is 16.5 Å². The number of rotatable bonds is 3. The SMILES string of the molecule is O=Cc1cc(Br)nc(C(F)F)c1CBr. The number of aldehydes is 1. The van der Waals surface area contributed by atoms with Crippen molar-refractivity contribution >= 4 is 38.1 Å². The predicted molar refractivity (Wildman–Crippen MR) is 54.9 cm³/mol. The van der Waals surface area contributed by atoms with Crippen LogP contribution in [-0.4, -0.2) is 11.3 Å². The molecule has 0 amide bonds. The van der Waals surface area contributed by atoms with Crippen molar-refractivity contribution in [2.75, 3.05) is 0 Å². The topological polar surface area (TPSA) is 30.0 Å². The van der Waals surface area contributed by atoms with Crippen molar-refractivity contribution in [3.05, 3.63) is 27.5 Å². The minimum absolute atomic E-state index is 0.182. The van der Waals surface area contributed by atoms with E-state index in [0.29, 0.717) is 6.29 Å². The number of carbonyl (C=O) groups is 1. The maximum Gasteiger partial charge on any atom is 0.280 e. The van der Waals surface area contributed by atoms with Gasteiger partial charge in [-0.1, -0.05) is 15.9 Å². The molecule has 1 rings (SSSR count). The van der Waals surface area contributed by atoms with Gasteiger partial charge in [-0.15, -0.1) is 0 Å². The number of hydrogen-bond donors (Lipinski definition) is 0. The van der Waals surface area contributed by atoms with Crippen LogP contribution < -0.4 is 0 Å². The highest BCUT2D eigenvalue weighted by Gasteiger charge is 2.18. The lowest BCUT2D eigenvalue weighted by molar-refractivity contribution is 0.112. The van der Waals surface area contributed by atoms with E-state index in [0.717, 1.165) is 0 Å². The Morgan fingerprint density at radius 3 is 2.64 bits per heavy atom. The van der Waals surface area contributed by atoms with E-state index in [1.807, 2.05) is 0 Å². The molecular weight excluding hydrogens is 324 g/mol. The van der Waals surface area contributed by atoms with Crippen molar-refractivity contribution < 1.29 is 13.6 Å². The number of nitrogens with zero attached hydrogens (tertiary/aromatic N) is 1. The molecule has 0 aliphatic carbocycles. The molecule has 0 aromatic carbocycles. The van der Waals surface area contributed by atoms with Gasteiger partial charge in [-0.2, -0.15) is 0 Å². The largest absolute Gasteiger partial charge is 0.298 e. The van der Waals surface area contributed by atoms with Gasteiger partial charge in [0.1, 0.15) is 10.3 Å². The lowest BCUT2D eigenvalue weighted by Gasteiger charge is -2.08. The Balaban J connectivity index is 3.39. The summed E-state index contributed by atoms with van der Waals surface area (Å²) < 4.78 is 25.2. The van der Waals surface area contributed by atoms with Gasteiger partial charge in [-0.25, -0.2) is 13.8 Å². The molecular formula is C8H5Br2F2NO. The molecule has 0 aliphatic rings. The first-order chi connectivity index (χ1) is 6.60. The fourth-order valence-corrected chi connectivity index (χ4v) is 2.06. The van der Waals surface area contributed by atoms with Gasteiger partial charge in [-0.05, 0) is 22.0 Å². The summed E-state index contributed by atoms with van der Waals surface area (Å²) in [6.07, 6.45) is -2.15. The zero-order chi connectivity index (χ0) is 10.7. The molecule has 1 heterocycles. The second kappa shape index (κ2) is 4.93. The maximum atomic E-state index is 12.5. The molecule has 14 heavy (non-hydrogen) atoms. The van der Waals surface area contributed by atoms with Gasteiger partial charge in [0.05, 0.1) is 0 Å². The predicted octanol–water partition coefficient (Wildman–Crippen LogP) is 3.49. The first-order valence-electron chi connectivity index (χ1n) is 3.58. The fraction of sp³-hybridized carbons (Fsp3) is 0.250. The third kappa shape index (κ3) is 2.36. The Labute approximate surface area is 96.0 Å². The number of aromatic nitrogens is 1. The van der Waals surface area contributed by atoms with E-state index in [4.69, 9.17) is 0 Å². The molecule has 0 saturated heterocycles. The zero-order valence-corrected chi connectivity index (χ0v) is 9.98. The Kier molecular flexibility index (Phi) is 4.12. The molecule has 0 aliphatic heterocycles. The average Bonchev–Trinajstić information content (AvgIpc) is 2.16. The Hall–Kier alpha value is -0.360. The molecule has 1 aromatic heterocycles. The molecule has 0 N–H and O–H groups in total. The summed E-state index contributed by atoms with van der Waals surface area (Å²) in [5.41, 5.74) is 0.0931. The van der Waals surface area contributed by atoms with Gasteiger partial charge >= 0.3 is 0 Å². The van der Waals surface area contributed by atoms with Crippen LogP contribution in [0.2, 0.25) is 0 Å². The van der Waals surface area contributed by atoms with Crippen LogP contribution in [0, 0.1) is 0 Å². The van der Waals surface area contributed by atoms with Crippen LogP contribution in [0.15, 0.2) is 10.7 Å². The van der Waals surface area contributed by atoms with E-state index in [2.05, 4.69) is 36.8 Å². The third-order valence-electron chi connectivity index (χ3n) is 1.63. The molecule has 2 nitrogen and oxygen atoms in total. The quantitative estimate of drug-likeness (QED) is 0.483. The zero-order valence-electron chi connectivity index (χ0n) is 6.81. The van der Waals surface area contributed by atoms with Gasteiger partial charge < -0.3 is 0 Å². The van der Waals surface area contributed by atoms with Crippen molar-refractivity contribution in [1.82, 2.24) is 4.98 Å². The second-order valence-electron chi connectivity index (χ2n) is 2.45. The van der Waals surface area contributed by atoms with Crippen LogP contribution in [0.3, 0.4) is 0 Å². The molecule has 0 bridgehead atoms. The molecule has 1 aromatic rings. The van der Waals surface area contributed by atoms with Gasteiger partial charge in [0.2, 0.25) is 0 Å². The lowest BCUT2D eigenvalue weighted by atomic mass is 10.1. The molecule has 0 saturated carbocycles. The summed E-state index contributed by atoms with van der Waals surface area (Å²) >= 11 is 6.01. The van der Waals surface area contributed by atoms with Crippen LogP contribution in [0.5, 0.6) is 0 Å². The summed E-state index contributed by atoms with van der Waals surface area (Å²) in [5.74, 6) is 0. The van der Waals surface area contributed by atoms with Crippen LogP contribution in [0.1, 0.15) is 28.0 Å². The average molecular weight is 329 g/mol. The molecule has 0 unspecified atom stereocenters. The van der Waals surface area contributed by atoms with E-state index in [-0.39, 0.29) is 26.8 Å². The van der Waals surface area contributed by atoms with E-state index in [1.54, 1.807) is 0 Å². The monoisotopic (exact) mass is 327 g/mol. The Morgan fingerprint density at radius 1 is 1.57 bits per heavy atom. The number of halogens is 4. The molecule has 0 fully saturated rings. The molecule has 0 radical (unpaired) electrons. The highest BCUT2D eigenvalue weighted by molar-refractivity contribution is 9.10. The van der Waals surface area contributed by atoms with Crippen LogP contribution in [-0.2, 0) is 5.33 Å². The number of carbonyl (C=O) groups excluding carboxylic acids is 1. The lowest BCUT2D eigenvalue weighted by Crippen LogP contribution is -2.02. The van der Waals surface area contributed by atoms with Crippen molar-refractivity contribution in [3.8, 4) is 0 Å².